The maximum absolute atomic E-state index is 12.3. The van der Waals surface area contributed by atoms with Crippen molar-refractivity contribution in [1.29, 1.82) is 0 Å². The van der Waals surface area contributed by atoms with Gasteiger partial charge in [-0.05, 0) is 64.8 Å². The fourth-order valence-corrected chi connectivity index (χ4v) is 1.63. The summed E-state index contributed by atoms with van der Waals surface area (Å²) in [5.74, 6) is -0.0556. The predicted octanol–water partition coefficient (Wildman–Crippen LogP) is 3.01. The second-order valence-corrected chi connectivity index (χ2v) is 6.18. The molecule has 100 valence electrons. The molecule has 3 nitrogen and oxygen atoms in total. The highest BCUT2D eigenvalue weighted by Crippen LogP contribution is 2.30. The Balaban J connectivity index is 2.95. The number of anilines is 1. The fourth-order valence-electron chi connectivity index (χ4n) is 1.63. The summed E-state index contributed by atoms with van der Waals surface area (Å²) in [6, 6.07) is 6.00. The lowest BCUT2D eigenvalue weighted by atomic mass is 9.74. The number of benzene rings is 1. The van der Waals surface area contributed by atoms with Crippen LogP contribution in [0.3, 0.4) is 0 Å². The molecule has 0 aliphatic rings. The summed E-state index contributed by atoms with van der Waals surface area (Å²) in [4.78, 5) is 12.3. The molecular formula is C15H24N2O. The molecule has 0 saturated carbocycles. The van der Waals surface area contributed by atoms with E-state index in [1.807, 2.05) is 53.7 Å². The summed E-state index contributed by atoms with van der Waals surface area (Å²) in [5, 5.41) is 2.95. The monoisotopic (exact) mass is 248 g/mol. The quantitative estimate of drug-likeness (QED) is 0.864. The van der Waals surface area contributed by atoms with Crippen LogP contribution in [0.4, 0.5) is 5.69 Å². The highest BCUT2D eigenvalue weighted by atomic mass is 16.2. The Bertz CT molecular complexity index is 436. The van der Waals surface area contributed by atoms with Crippen LogP contribution in [-0.4, -0.2) is 11.4 Å². The third-order valence-electron chi connectivity index (χ3n) is 3.66. The fraction of sp³-hybridized carbons (Fsp3) is 0.533. The SMILES string of the molecule is Cc1cc(C)cc(NC(=O)C(C)(C)C(C)(C)N)c1. The molecule has 3 N–H and O–H groups in total. The van der Waals surface area contributed by atoms with Gasteiger partial charge in [0.25, 0.3) is 0 Å². The Morgan fingerprint density at radius 1 is 1.06 bits per heavy atom. The van der Waals surface area contributed by atoms with E-state index < -0.39 is 11.0 Å². The average Bonchev–Trinajstić information content (AvgIpc) is 2.13. The molecule has 0 unspecified atom stereocenters. The molecule has 0 aliphatic carbocycles. The molecule has 0 spiro atoms. The number of carbonyl (C=O) groups is 1. The number of carbonyl (C=O) groups excluding carboxylic acids is 1. The van der Waals surface area contributed by atoms with Crippen LogP contribution in [0.2, 0.25) is 0 Å². The largest absolute Gasteiger partial charge is 0.326 e. The van der Waals surface area contributed by atoms with E-state index in [2.05, 4.69) is 11.4 Å². The van der Waals surface area contributed by atoms with E-state index in [1.54, 1.807) is 0 Å². The molecule has 0 radical (unpaired) electrons. The zero-order valence-corrected chi connectivity index (χ0v) is 12.2. The molecule has 0 heterocycles. The maximum Gasteiger partial charge on any atom is 0.231 e. The van der Waals surface area contributed by atoms with Gasteiger partial charge < -0.3 is 11.1 Å². The predicted molar refractivity (Wildman–Crippen MR) is 76.6 cm³/mol. The molecule has 0 saturated heterocycles. The van der Waals surface area contributed by atoms with Gasteiger partial charge in [-0.1, -0.05) is 6.07 Å². The smallest absolute Gasteiger partial charge is 0.231 e. The van der Waals surface area contributed by atoms with E-state index in [-0.39, 0.29) is 5.91 Å². The molecule has 1 aromatic rings. The van der Waals surface area contributed by atoms with Crippen molar-refractivity contribution in [3.8, 4) is 0 Å². The molecule has 1 aromatic carbocycles. The first-order valence-electron chi connectivity index (χ1n) is 6.22. The molecule has 1 rings (SSSR count). The van der Waals surface area contributed by atoms with Crippen LogP contribution >= 0.6 is 0 Å². The van der Waals surface area contributed by atoms with Crippen LogP contribution in [-0.2, 0) is 4.79 Å². The standard InChI is InChI=1S/C15H24N2O/c1-10-7-11(2)9-12(8-10)17-13(18)14(3,4)15(5,6)16/h7-9H,16H2,1-6H3,(H,17,18). The van der Waals surface area contributed by atoms with Gasteiger partial charge in [-0.25, -0.2) is 0 Å². The number of nitrogens with two attached hydrogens (primary N) is 1. The molecule has 0 atom stereocenters. The summed E-state index contributed by atoms with van der Waals surface area (Å²) in [6.45, 7) is 11.5. The van der Waals surface area contributed by atoms with E-state index in [0.29, 0.717) is 0 Å². The van der Waals surface area contributed by atoms with Crippen LogP contribution in [0, 0.1) is 19.3 Å². The van der Waals surface area contributed by atoms with Crippen molar-refractivity contribution in [2.24, 2.45) is 11.1 Å². The van der Waals surface area contributed by atoms with E-state index >= 15 is 0 Å². The van der Waals surface area contributed by atoms with E-state index in [0.717, 1.165) is 16.8 Å². The van der Waals surface area contributed by atoms with Gasteiger partial charge in [-0.3, -0.25) is 4.79 Å². The number of hydrogen-bond acceptors (Lipinski definition) is 2. The summed E-state index contributed by atoms with van der Waals surface area (Å²) < 4.78 is 0. The minimum atomic E-state index is -0.634. The highest BCUT2D eigenvalue weighted by Gasteiger charge is 2.40. The molecule has 18 heavy (non-hydrogen) atoms. The van der Waals surface area contributed by atoms with Gasteiger partial charge in [0.15, 0.2) is 0 Å². The first-order valence-corrected chi connectivity index (χ1v) is 6.22. The van der Waals surface area contributed by atoms with Crippen LogP contribution in [0.5, 0.6) is 0 Å². The van der Waals surface area contributed by atoms with E-state index in [9.17, 15) is 4.79 Å². The van der Waals surface area contributed by atoms with Crippen molar-refractivity contribution in [2.45, 2.75) is 47.1 Å². The molecule has 0 aliphatic heterocycles. The van der Waals surface area contributed by atoms with Gasteiger partial charge in [0, 0.05) is 11.2 Å². The third kappa shape index (κ3) is 3.10. The normalized spacial score (nSPS) is 12.4. The Hall–Kier alpha value is -1.35. The van der Waals surface area contributed by atoms with Gasteiger partial charge in [0.2, 0.25) is 5.91 Å². The Kier molecular flexibility index (Phi) is 3.86. The summed E-state index contributed by atoms with van der Waals surface area (Å²) >= 11 is 0. The highest BCUT2D eigenvalue weighted by molar-refractivity contribution is 5.95. The van der Waals surface area contributed by atoms with Crippen LogP contribution in [0.1, 0.15) is 38.8 Å². The van der Waals surface area contributed by atoms with Gasteiger partial charge in [-0.2, -0.15) is 0 Å². The van der Waals surface area contributed by atoms with Crippen LogP contribution in [0.25, 0.3) is 0 Å². The van der Waals surface area contributed by atoms with Crippen molar-refractivity contribution < 1.29 is 4.79 Å². The minimum absolute atomic E-state index is 0.0556. The van der Waals surface area contributed by atoms with E-state index in [4.69, 9.17) is 5.73 Å². The molecular weight excluding hydrogens is 224 g/mol. The number of hydrogen-bond donors (Lipinski definition) is 2. The Labute approximate surface area is 110 Å². The molecule has 0 bridgehead atoms. The van der Waals surface area contributed by atoms with Gasteiger partial charge in [0.05, 0.1) is 5.41 Å². The molecule has 1 amide bonds. The second-order valence-electron chi connectivity index (χ2n) is 6.18. The number of nitrogens with one attached hydrogen (secondary N) is 1. The van der Waals surface area contributed by atoms with Gasteiger partial charge in [-0.15, -0.1) is 0 Å². The summed E-state index contributed by atoms with van der Waals surface area (Å²) in [6.07, 6.45) is 0. The molecule has 3 heteroatoms. The number of amides is 1. The lowest BCUT2D eigenvalue weighted by Gasteiger charge is -2.36. The average molecular weight is 248 g/mol. The van der Waals surface area contributed by atoms with Crippen molar-refractivity contribution in [1.82, 2.24) is 0 Å². The Morgan fingerprint density at radius 3 is 1.89 bits per heavy atom. The van der Waals surface area contributed by atoms with Crippen LogP contribution in [0.15, 0.2) is 18.2 Å². The van der Waals surface area contributed by atoms with Gasteiger partial charge in [0.1, 0.15) is 0 Å². The first kappa shape index (κ1) is 14.7. The van der Waals surface area contributed by atoms with Crippen molar-refractivity contribution in [3.05, 3.63) is 29.3 Å². The summed E-state index contributed by atoms with van der Waals surface area (Å²) in [5.41, 5.74) is 7.96. The molecule has 0 fully saturated rings. The van der Waals surface area contributed by atoms with E-state index in [1.165, 1.54) is 0 Å². The number of rotatable bonds is 3. The maximum atomic E-state index is 12.3. The minimum Gasteiger partial charge on any atom is -0.326 e. The first-order chi connectivity index (χ1) is 8.04. The summed E-state index contributed by atoms with van der Waals surface area (Å²) in [7, 11) is 0. The third-order valence-corrected chi connectivity index (χ3v) is 3.66. The zero-order valence-electron chi connectivity index (χ0n) is 12.2. The van der Waals surface area contributed by atoms with Crippen molar-refractivity contribution >= 4 is 11.6 Å². The zero-order chi connectivity index (χ0) is 14.1. The lowest BCUT2D eigenvalue weighted by molar-refractivity contribution is -0.126. The topological polar surface area (TPSA) is 55.1 Å². The molecule has 0 aromatic heterocycles. The second kappa shape index (κ2) is 4.73. The van der Waals surface area contributed by atoms with Crippen molar-refractivity contribution in [3.63, 3.8) is 0 Å². The number of aryl methyl sites for hydroxylation is 2. The lowest BCUT2D eigenvalue weighted by Crippen LogP contribution is -2.53. The van der Waals surface area contributed by atoms with Crippen LogP contribution < -0.4 is 11.1 Å². The van der Waals surface area contributed by atoms with Crippen molar-refractivity contribution in [2.75, 3.05) is 5.32 Å². The Morgan fingerprint density at radius 2 is 1.50 bits per heavy atom. The van der Waals surface area contributed by atoms with Gasteiger partial charge >= 0.3 is 0 Å².